The summed E-state index contributed by atoms with van der Waals surface area (Å²) in [4.78, 5) is 10.1. The van der Waals surface area contributed by atoms with E-state index in [4.69, 9.17) is 0 Å². The lowest BCUT2D eigenvalue weighted by Gasteiger charge is -1.97. The number of benzene rings is 1. The molecule has 0 spiro atoms. The van der Waals surface area contributed by atoms with E-state index in [1.165, 1.54) is 6.07 Å². The van der Waals surface area contributed by atoms with E-state index >= 15 is 0 Å². The Morgan fingerprint density at radius 1 is 1.55 bits per heavy atom. The maximum Gasteiger partial charge on any atom is 0.156 e. The van der Waals surface area contributed by atoms with Crippen LogP contribution in [0.15, 0.2) is 17.3 Å². The average Bonchev–Trinajstić information content (AvgIpc) is 1.85. The average molecular weight is 265 g/mol. The van der Waals surface area contributed by atoms with Crippen LogP contribution < -0.4 is 0 Å². The molecule has 0 atom stereocenters. The third kappa shape index (κ3) is 1.74. The van der Waals surface area contributed by atoms with Crippen LogP contribution in [0.3, 0.4) is 0 Å². The minimum absolute atomic E-state index is 0.101. The van der Waals surface area contributed by atoms with E-state index in [2.05, 4.69) is 5.18 Å². The quantitative estimate of drug-likeness (QED) is 0.566. The van der Waals surface area contributed by atoms with Gasteiger partial charge in [0.2, 0.25) is 0 Å². The van der Waals surface area contributed by atoms with Crippen LogP contribution in [-0.4, -0.2) is 0 Å². The van der Waals surface area contributed by atoms with E-state index in [-0.39, 0.29) is 5.69 Å². The highest BCUT2D eigenvalue weighted by Gasteiger charge is 2.07. The lowest BCUT2D eigenvalue weighted by molar-refractivity contribution is 0.627. The molecule has 1 aromatic rings. The number of aryl methyl sites for hydroxylation is 1. The summed E-state index contributed by atoms with van der Waals surface area (Å²) >= 11 is 1.88. The van der Waals surface area contributed by atoms with Crippen LogP contribution in [0.2, 0.25) is 0 Å². The summed E-state index contributed by atoms with van der Waals surface area (Å²) in [6, 6.07) is 3.00. The minimum Gasteiger partial charge on any atom is -0.204 e. The van der Waals surface area contributed by atoms with Crippen LogP contribution >= 0.6 is 22.6 Å². The zero-order valence-corrected chi connectivity index (χ0v) is 7.92. The normalized spacial score (nSPS) is 9.73. The number of hydrogen-bond acceptors (Lipinski definition) is 2. The third-order valence-corrected chi connectivity index (χ3v) is 2.07. The standard InChI is InChI=1S/C7H5FINO/c1-4-2-5(8)7(10-11)6(9)3-4/h2-3H,1H3. The van der Waals surface area contributed by atoms with Crippen LogP contribution in [0.4, 0.5) is 10.1 Å². The van der Waals surface area contributed by atoms with E-state index in [9.17, 15) is 9.30 Å². The zero-order valence-electron chi connectivity index (χ0n) is 5.77. The van der Waals surface area contributed by atoms with E-state index in [1.807, 2.05) is 22.6 Å². The van der Waals surface area contributed by atoms with Crippen LogP contribution in [-0.2, 0) is 0 Å². The Morgan fingerprint density at radius 3 is 2.64 bits per heavy atom. The van der Waals surface area contributed by atoms with Crippen molar-refractivity contribution in [2.24, 2.45) is 5.18 Å². The molecule has 0 saturated carbocycles. The first-order valence-electron chi connectivity index (χ1n) is 2.94. The molecule has 0 saturated heterocycles. The van der Waals surface area contributed by atoms with Crippen LogP contribution in [0.1, 0.15) is 5.56 Å². The first-order valence-corrected chi connectivity index (χ1v) is 4.02. The van der Waals surface area contributed by atoms with Crippen molar-refractivity contribution in [1.29, 1.82) is 0 Å². The molecule has 0 aliphatic rings. The zero-order chi connectivity index (χ0) is 8.43. The monoisotopic (exact) mass is 265 g/mol. The summed E-state index contributed by atoms with van der Waals surface area (Å²) in [6.07, 6.45) is 0. The smallest absolute Gasteiger partial charge is 0.156 e. The van der Waals surface area contributed by atoms with Gasteiger partial charge in [-0.15, -0.1) is 4.91 Å². The summed E-state index contributed by atoms with van der Waals surface area (Å²) in [5, 5.41) is 2.58. The van der Waals surface area contributed by atoms with Crippen molar-refractivity contribution in [3.63, 3.8) is 0 Å². The molecular formula is C7H5FINO. The summed E-state index contributed by atoms with van der Waals surface area (Å²) in [5.74, 6) is -0.551. The minimum atomic E-state index is -0.551. The van der Waals surface area contributed by atoms with Crippen molar-refractivity contribution < 1.29 is 4.39 Å². The molecule has 1 rings (SSSR count). The van der Waals surface area contributed by atoms with Gasteiger partial charge in [-0.05, 0) is 52.4 Å². The van der Waals surface area contributed by atoms with Crippen LogP contribution in [0.25, 0.3) is 0 Å². The molecule has 2 nitrogen and oxygen atoms in total. The first-order chi connectivity index (χ1) is 5.15. The van der Waals surface area contributed by atoms with Gasteiger partial charge in [-0.3, -0.25) is 0 Å². The lowest BCUT2D eigenvalue weighted by atomic mass is 10.2. The first kappa shape index (κ1) is 8.58. The van der Waals surface area contributed by atoms with Crippen LogP contribution in [0, 0.1) is 21.2 Å². The number of nitrogens with zero attached hydrogens (tertiary/aromatic N) is 1. The Hall–Kier alpha value is -0.520. The predicted octanol–water partition coefficient (Wildman–Crippen LogP) is 3.14. The molecule has 0 unspecified atom stereocenters. The van der Waals surface area contributed by atoms with Gasteiger partial charge in [0.25, 0.3) is 0 Å². The molecule has 0 aromatic heterocycles. The van der Waals surface area contributed by atoms with Crippen molar-refractivity contribution in [2.75, 3.05) is 0 Å². The van der Waals surface area contributed by atoms with Gasteiger partial charge < -0.3 is 0 Å². The van der Waals surface area contributed by atoms with Gasteiger partial charge >= 0.3 is 0 Å². The highest BCUT2D eigenvalue weighted by atomic mass is 127. The molecule has 0 amide bonds. The molecule has 1 aromatic carbocycles. The molecule has 58 valence electrons. The van der Waals surface area contributed by atoms with Gasteiger partial charge in [0.05, 0.1) is 0 Å². The topological polar surface area (TPSA) is 29.4 Å². The van der Waals surface area contributed by atoms with Crippen molar-refractivity contribution in [3.8, 4) is 0 Å². The fraction of sp³-hybridized carbons (Fsp3) is 0.143. The van der Waals surface area contributed by atoms with Crippen LogP contribution in [0.5, 0.6) is 0 Å². The van der Waals surface area contributed by atoms with E-state index in [0.29, 0.717) is 3.57 Å². The number of halogens is 2. The molecule has 0 aliphatic carbocycles. The van der Waals surface area contributed by atoms with Crippen molar-refractivity contribution >= 4 is 28.3 Å². The highest BCUT2D eigenvalue weighted by molar-refractivity contribution is 14.1. The Balaban J connectivity index is 3.36. The molecule has 0 radical (unpaired) electrons. The van der Waals surface area contributed by atoms with Gasteiger partial charge in [-0.2, -0.15) is 0 Å². The lowest BCUT2D eigenvalue weighted by Crippen LogP contribution is -1.82. The van der Waals surface area contributed by atoms with Gasteiger partial charge in [0, 0.05) is 3.57 Å². The molecule has 0 heterocycles. The fourth-order valence-electron chi connectivity index (χ4n) is 0.779. The Labute approximate surface area is 76.9 Å². The van der Waals surface area contributed by atoms with Crippen molar-refractivity contribution in [1.82, 2.24) is 0 Å². The van der Waals surface area contributed by atoms with Gasteiger partial charge in [-0.25, -0.2) is 4.39 Å². The fourth-order valence-corrected chi connectivity index (χ4v) is 1.63. The Bertz CT molecular complexity index is 277. The molecular weight excluding hydrogens is 260 g/mol. The number of rotatable bonds is 1. The summed E-state index contributed by atoms with van der Waals surface area (Å²) in [6.45, 7) is 1.76. The summed E-state index contributed by atoms with van der Waals surface area (Å²) in [5.41, 5.74) is 0.690. The summed E-state index contributed by atoms with van der Waals surface area (Å²) < 4.78 is 13.4. The molecule has 0 aliphatic heterocycles. The van der Waals surface area contributed by atoms with Crippen molar-refractivity contribution in [2.45, 2.75) is 6.92 Å². The molecule has 0 bridgehead atoms. The maximum atomic E-state index is 12.8. The largest absolute Gasteiger partial charge is 0.204 e. The predicted molar refractivity (Wildman–Crippen MR) is 49.3 cm³/mol. The third-order valence-electron chi connectivity index (χ3n) is 1.25. The second-order valence-corrected chi connectivity index (χ2v) is 3.33. The number of hydrogen-bond donors (Lipinski definition) is 0. The second kappa shape index (κ2) is 3.25. The van der Waals surface area contributed by atoms with E-state index in [0.717, 1.165) is 5.56 Å². The van der Waals surface area contributed by atoms with Gasteiger partial charge in [0.1, 0.15) is 0 Å². The van der Waals surface area contributed by atoms with Crippen molar-refractivity contribution in [3.05, 3.63) is 32.0 Å². The number of nitroso groups, excluding NO2 is 1. The summed E-state index contributed by atoms with van der Waals surface area (Å²) in [7, 11) is 0. The maximum absolute atomic E-state index is 12.8. The SMILES string of the molecule is Cc1cc(F)c(N=O)c(I)c1. The van der Waals surface area contributed by atoms with Gasteiger partial charge in [0.15, 0.2) is 11.5 Å². The Kier molecular flexibility index (Phi) is 2.53. The highest BCUT2D eigenvalue weighted by Crippen LogP contribution is 2.25. The van der Waals surface area contributed by atoms with Gasteiger partial charge in [-0.1, -0.05) is 0 Å². The molecule has 0 fully saturated rings. The Morgan fingerprint density at radius 2 is 2.18 bits per heavy atom. The molecule has 4 heteroatoms. The molecule has 11 heavy (non-hydrogen) atoms. The second-order valence-electron chi connectivity index (χ2n) is 2.17. The molecule has 0 N–H and O–H groups in total. The van der Waals surface area contributed by atoms with E-state index in [1.54, 1.807) is 13.0 Å². The van der Waals surface area contributed by atoms with E-state index < -0.39 is 5.82 Å².